The highest BCUT2D eigenvalue weighted by atomic mass is 32.2. The minimum Gasteiger partial charge on any atom is -0.501 e. The van der Waals surface area contributed by atoms with Crippen LogP contribution in [0.4, 0.5) is 0 Å². The Morgan fingerprint density at radius 3 is 2.05 bits per heavy atom. The van der Waals surface area contributed by atoms with Crippen LogP contribution < -0.4 is 0 Å². The van der Waals surface area contributed by atoms with Gasteiger partial charge in [-0.1, -0.05) is 48.5 Å². The Labute approximate surface area is 126 Å². The zero-order valence-electron chi connectivity index (χ0n) is 11.2. The van der Waals surface area contributed by atoms with Gasteiger partial charge in [-0.05, 0) is 22.3 Å². The van der Waals surface area contributed by atoms with Crippen molar-refractivity contribution in [3.05, 3.63) is 70.8 Å². The van der Waals surface area contributed by atoms with Gasteiger partial charge in [-0.2, -0.15) is 0 Å². The van der Waals surface area contributed by atoms with Crippen molar-refractivity contribution in [1.29, 1.82) is 0 Å². The van der Waals surface area contributed by atoms with Gasteiger partial charge in [0.2, 0.25) is 5.76 Å². The molecule has 0 saturated heterocycles. The van der Waals surface area contributed by atoms with E-state index in [0.717, 1.165) is 0 Å². The molecule has 1 aliphatic rings. The highest BCUT2D eigenvalue weighted by Gasteiger charge is 2.27. The second-order valence-electron chi connectivity index (χ2n) is 4.87. The van der Waals surface area contributed by atoms with Crippen LogP contribution in [0.3, 0.4) is 0 Å². The van der Waals surface area contributed by atoms with E-state index in [0.29, 0.717) is 5.75 Å². The lowest BCUT2D eigenvalue weighted by atomic mass is 9.99. The monoisotopic (exact) mass is 298 g/mol. The molecule has 0 radical (unpaired) electrons. The molecule has 0 unspecified atom stereocenters. The van der Waals surface area contributed by atoms with E-state index in [1.54, 1.807) is 0 Å². The third-order valence-electron chi connectivity index (χ3n) is 3.64. The summed E-state index contributed by atoms with van der Waals surface area (Å²) in [6.45, 7) is 0. The quantitative estimate of drug-likeness (QED) is 0.661. The van der Waals surface area contributed by atoms with E-state index in [1.165, 1.54) is 39.4 Å². The van der Waals surface area contributed by atoms with Crippen LogP contribution in [0.15, 0.2) is 59.7 Å². The SMILES string of the molecule is O=C(O)/C(O)=C\SCC1c2ccccc2-c2ccccc21. The zero-order chi connectivity index (χ0) is 14.8. The molecule has 0 fully saturated rings. The second kappa shape index (κ2) is 5.66. The van der Waals surface area contributed by atoms with Crippen molar-refractivity contribution in [3.8, 4) is 11.1 Å². The summed E-state index contributed by atoms with van der Waals surface area (Å²) in [5.41, 5.74) is 5.00. The van der Waals surface area contributed by atoms with E-state index in [2.05, 4.69) is 24.3 Å². The number of hydrogen-bond donors (Lipinski definition) is 2. The molecule has 2 N–H and O–H groups in total. The number of aliphatic hydroxyl groups is 1. The van der Waals surface area contributed by atoms with Gasteiger partial charge in [0.15, 0.2) is 0 Å². The van der Waals surface area contributed by atoms with Crippen molar-refractivity contribution in [3.63, 3.8) is 0 Å². The van der Waals surface area contributed by atoms with Crippen molar-refractivity contribution in [2.24, 2.45) is 0 Å². The maximum Gasteiger partial charge on any atom is 0.371 e. The summed E-state index contributed by atoms with van der Waals surface area (Å²) < 4.78 is 0. The van der Waals surface area contributed by atoms with Gasteiger partial charge in [-0.3, -0.25) is 0 Å². The number of hydrogen-bond acceptors (Lipinski definition) is 3. The van der Waals surface area contributed by atoms with Gasteiger partial charge in [0, 0.05) is 17.1 Å². The minimum absolute atomic E-state index is 0.222. The Morgan fingerprint density at radius 1 is 1.00 bits per heavy atom. The first kappa shape index (κ1) is 13.8. The molecule has 3 nitrogen and oxygen atoms in total. The van der Waals surface area contributed by atoms with Crippen LogP contribution in [0.1, 0.15) is 17.0 Å². The van der Waals surface area contributed by atoms with Crippen LogP contribution in [-0.4, -0.2) is 21.9 Å². The molecule has 21 heavy (non-hydrogen) atoms. The highest BCUT2D eigenvalue weighted by molar-refractivity contribution is 8.02. The molecule has 0 saturated carbocycles. The lowest BCUT2D eigenvalue weighted by Crippen LogP contribution is -2.01. The summed E-state index contributed by atoms with van der Waals surface area (Å²) in [7, 11) is 0. The van der Waals surface area contributed by atoms with Gasteiger partial charge in [0.25, 0.3) is 0 Å². The molecule has 0 aromatic heterocycles. The molecule has 2 aromatic rings. The number of benzene rings is 2. The Hall–Kier alpha value is -2.20. The average Bonchev–Trinajstić information content (AvgIpc) is 2.82. The Bertz CT molecular complexity index is 676. The molecule has 106 valence electrons. The molecule has 0 aliphatic heterocycles. The first-order valence-electron chi connectivity index (χ1n) is 6.60. The Balaban J connectivity index is 1.89. The minimum atomic E-state index is -1.30. The molecule has 3 rings (SSSR count). The molecule has 0 amide bonds. The number of carbonyl (C=O) groups is 1. The lowest BCUT2D eigenvalue weighted by molar-refractivity contribution is -0.135. The van der Waals surface area contributed by atoms with Gasteiger partial charge in [0.1, 0.15) is 0 Å². The number of aliphatic hydroxyl groups excluding tert-OH is 1. The Kier molecular flexibility index (Phi) is 3.71. The molecule has 1 aliphatic carbocycles. The number of carboxylic acids is 1. The maximum absolute atomic E-state index is 10.6. The van der Waals surface area contributed by atoms with E-state index in [1.807, 2.05) is 24.3 Å². The predicted octanol–water partition coefficient (Wildman–Crippen LogP) is 4.02. The topological polar surface area (TPSA) is 57.5 Å². The van der Waals surface area contributed by atoms with Crippen LogP contribution >= 0.6 is 11.8 Å². The number of fused-ring (bicyclic) bond motifs is 3. The third-order valence-corrected chi connectivity index (χ3v) is 4.56. The first-order chi connectivity index (χ1) is 10.2. The van der Waals surface area contributed by atoms with E-state index >= 15 is 0 Å². The van der Waals surface area contributed by atoms with Crippen LogP contribution in [0.5, 0.6) is 0 Å². The fraction of sp³-hybridized carbons (Fsp3) is 0.118. The summed E-state index contributed by atoms with van der Waals surface area (Å²) in [6.07, 6.45) is 0. The van der Waals surface area contributed by atoms with Gasteiger partial charge in [-0.15, -0.1) is 11.8 Å². The van der Waals surface area contributed by atoms with Crippen molar-refractivity contribution in [2.75, 3.05) is 5.75 Å². The summed E-state index contributed by atoms with van der Waals surface area (Å²) in [5, 5.41) is 19.2. The largest absolute Gasteiger partial charge is 0.501 e. The van der Waals surface area contributed by atoms with Crippen LogP contribution in [0, 0.1) is 0 Å². The van der Waals surface area contributed by atoms with E-state index < -0.39 is 11.7 Å². The Morgan fingerprint density at radius 2 is 1.52 bits per heavy atom. The molecular formula is C17H14O3S. The van der Waals surface area contributed by atoms with Crippen LogP contribution in [0.2, 0.25) is 0 Å². The average molecular weight is 298 g/mol. The van der Waals surface area contributed by atoms with E-state index in [-0.39, 0.29) is 5.92 Å². The van der Waals surface area contributed by atoms with Gasteiger partial charge >= 0.3 is 5.97 Å². The maximum atomic E-state index is 10.6. The molecular weight excluding hydrogens is 284 g/mol. The molecule has 0 bridgehead atoms. The molecule has 0 heterocycles. The standard InChI is InChI=1S/C17H14O3S/c18-16(17(19)20)10-21-9-15-13-7-3-1-5-11(13)12-6-2-4-8-14(12)15/h1-8,10,15,18H,9H2,(H,19,20)/b16-10+. The van der Waals surface area contributed by atoms with Crippen molar-refractivity contribution in [2.45, 2.75) is 5.92 Å². The number of thioether (sulfide) groups is 1. The number of rotatable bonds is 4. The normalized spacial score (nSPS) is 13.8. The van der Waals surface area contributed by atoms with Gasteiger partial charge in [-0.25, -0.2) is 4.79 Å². The predicted molar refractivity (Wildman–Crippen MR) is 84.5 cm³/mol. The summed E-state index contributed by atoms with van der Waals surface area (Å²) in [4.78, 5) is 10.6. The van der Waals surface area contributed by atoms with Gasteiger partial charge in [0.05, 0.1) is 0 Å². The molecule has 0 spiro atoms. The molecule has 2 aromatic carbocycles. The lowest BCUT2D eigenvalue weighted by Gasteiger charge is -2.11. The van der Waals surface area contributed by atoms with E-state index in [9.17, 15) is 9.90 Å². The molecule has 0 atom stereocenters. The summed E-state index contributed by atoms with van der Waals surface area (Å²) >= 11 is 1.32. The third kappa shape index (κ3) is 2.54. The highest BCUT2D eigenvalue weighted by Crippen LogP contribution is 2.45. The molecule has 4 heteroatoms. The fourth-order valence-corrected chi connectivity index (χ4v) is 3.62. The van der Waals surface area contributed by atoms with Crippen molar-refractivity contribution in [1.82, 2.24) is 0 Å². The van der Waals surface area contributed by atoms with Crippen molar-refractivity contribution < 1.29 is 15.0 Å². The number of aliphatic carboxylic acids is 1. The fourth-order valence-electron chi connectivity index (χ4n) is 2.71. The van der Waals surface area contributed by atoms with Gasteiger partial charge < -0.3 is 10.2 Å². The van der Waals surface area contributed by atoms with E-state index in [4.69, 9.17) is 5.11 Å². The zero-order valence-corrected chi connectivity index (χ0v) is 12.0. The summed E-state index contributed by atoms with van der Waals surface area (Å²) in [6, 6.07) is 16.6. The summed E-state index contributed by atoms with van der Waals surface area (Å²) in [5.74, 6) is -0.986. The first-order valence-corrected chi connectivity index (χ1v) is 7.65. The smallest absolute Gasteiger partial charge is 0.371 e. The second-order valence-corrected chi connectivity index (χ2v) is 5.77. The van der Waals surface area contributed by atoms with Crippen LogP contribution in [0.25, 0.3) is 11.1 Å². The number of carboxylic acid groups (broad SMARTS) is 1. The van der Waals surface area contributed by atoms with Crippen LogP contribution in [-0.2, 0) is 4.79 Å². The van der Waals surface area contributed by atoms with Crippen molar-refractivity contribution >= 4 is 17.7 Å².